The zero-order valence-electron chi connectivity index (χ0n) is 18.3. The highest BCUT2D eigenvalue weighted by atomic mass is 32.2. The number of carbonyl (C=O) groups excluding carboxylic acids is 2. The lowest BCUT2D eigenvalue weighted by molar-refractivity contribution is -0.170. The molecule has 9 nitrogen and oxygen atoms in total. The third-order valence-electron chi connectivity index (χ3n) is 6.25. The minimum absolute atomic E-state index is 0.0235. The number of aromatic nitrogens is 2. The van der Waals surface area contributed by atoms with E-state index in [4.69, 9.17) is 9.47 Å². The standard InChI is InChI=1S/C21H32N2O7S/c1-10(11(2)24)20-17(30-20)7-16-19(28)18(27)12(9-29-16)5-13(25)6-15(26)14-8-23(3)21(22-14)31-4/h8,10-12,16-20,24,27-28H,5-7,9H2,1-4H3/t10-,11-,12-,16-,17-,18+,19-,20-/m0/s1. The van der Waals surface area contributed by atoms with Crippen LogP contribution in [-0.4, -0.2) is 85.9 Å². The van der Waals surface area contributed by atoms with Crippen LogP contribution in [0.25, 0.3) is 0 Å². The molecule has 174 valence electrons. The summed E-state index contributed by atoms with van der Waals surface area (Å²) in [7, 11) is 1.78. The Kier molecular flexibility index (Phi) is 7.93. The second-order valence-electron chi connectivity index (χ2n) is 8.65. The van der Waals surface area contributed by atoms with Crippen molar-refractivity contribution < 1.29 is 34.4 Å². The lowest BCUT2D eigenvalue weighted by Crippen LogP contribution is -2.51. The number of thioether (sulfide) groups is 1. The monoisotopic (exact) mass is 456 g/mol. The number of nitrogens with zero attached hydrogens (tertiary/aromatic N) is 2. The Morgan fingerprint density at radius 1 is 1.29 bits per heavy atom. The molecule has 0 amide bonds. The predicted molar refractivity (Wildman–Crippen MR) is 113 cm³/mol. The summed E-state index contributed by atoms with van der Waals surface area (Å²) in [5, 5.41) is 31.3. The first-order valence-electron chi connectivity index (χ1n) is 10.6. The number of hydrogen-bond acceptors (Lipinski definition) is 9. The van der Waals surface area contributed by atoms with E-state index in [1.165, 1.54) is 11.8 Å². The van der Waals surface area contributed by atoms with Crippen LogP contribution in [0.2, 0.25) is 0 Å². The van der Waals surface area contributed by atoms with E-state index in [9.17, 15) is 24.9 Å². The van der Waals surface area contributed by atoms with Crippen molar-refractivity contribution in [2.75, 3.05) is 12.9 Å². The molecule has 3 rings (SSSR count). The van der Waals surface area contributed by atoms with Crippen molar-refractivity contribution >= 4 is 23.3 Å². The highest BCUT2D eigenvalue weighted by Gasteiger charge is 2.48. The first kappa shape index (κ1) is 24.3. The van der Waals surface area contributed by atoms with Gasteiger partial charge in [-0.25, -0.2) is 4.98 Å². The van der Waals surface area contributed by atoms with Crippen molar-refractivity contribution in [2.24, 2.45) is 18.9 Å². The number of ether oxygens (including phenoxy) is 2. The zero-order chi connectivity index (χ0) is 22.9. The van der Waals surface area contributed by atoms with Crippen LogP contribution in [0, 0.1) is 11.8 Å². The fraction of sp³-hybridized carbons (Fsp3) is 0.762. The van der Waals surface area contributed by atoms with Gasteiger partial charge in [0.15, 0.2) is 10.9 Å². The van der Waals surface area contributed by atoms with Gasteiger partial charge in [0.25, 0.3) is 0 Å². The second kappa shape index (κ2) is 10.1. The maximum Gasteiger partial charge on any atom is 0.190 e. The predicted octanol–water partition coefficient (Wildman–Crippen LogP) is 0.585. The van der Waals surface area contributed by atoms with E-state index >= 15 is 0 Å². The minimum Gasteiger partial charge on any atom is -0.393 e. The zero-order valence-corrected chi connectivity index (χ0v) is 19.1. The van der Waals surface area contributed by atoms with Gasteiger partial charge >= 0.3 is 0 Å². The quantitative estimate of drug-likeness (QED) is 0.200. The molecule has 3 N–H and O–H groups in total. The largest absolute Gasteiger partial charge is 0.393 e. The Morgan fingerprint density at radius 3 is 2.61 bits per heavy atom. The van der Waals surface area contributed by atoms with E-state index in [1.807, 2.05) is 13.2 Å². The van der Waals surface area contributed by atoms with Crippen LogP contribution < -0.4 is 0 Å². The number of rotatable bonds is 10. The van der Waals surface area contributed by atoms with E-state index < -0.39 is 30.3 Å². The smallest absolute Gasteiger partial charge is 0.190 e. The molecule has 31 heavy (non-hydrogen) atoms. The first-order valence-corrected chi connectivity index (χ1v) is 11.8. The molecule has 1 aromatic rings. The molecule has 10 heteroatoms. The molecule has 8 atom stereocenters. The number of aliphatic hydroxyl groups excluding tert-OH is 3. The van der Waals surface area contributed by atoms with Crippen molar-refractivity contribution in [3.05, 3.63) is 11.9 Å². The summed E-state index contributed by atoms with van der Waals surface area (Å²) in [4.78, 5) is 29.0. The number of epoxide rings is 1. The molecule has 2 fully saturated rings. The van der Waals surface area contributed by atoms with Crippen molar-refractivity contribution in [1.82, 2.24) is 9.55 Å². The molecule has 0 bridgehead atoms. The molecular weight excluding hydrogens is 424 g/mol. The SMILES string of the molecule is CSc1nc(C(=O)CC(=O)C[C@H]2CO[C@@H](C[C@@H]3O[C@H]3[C@@H](C)[C@H](C)O)[C@H](O)[C@@H]2O)cn1C. The Morgan fingerprint density at radius 2 is 2.00 bits per heavy atom. The molecule has 0 aromatic carbocycles. The molecule has 0 spiro atoms. The summed E-state index contributed by atoms with van der Waals surface area (Å²) >= 11 is 1.41. The maximum atomic E-state index is 12.4. The number of aliphatic hydroxyl groups is 3. The molecular formula is C21H32N2O7S. The summed E-state index contributed by atoms with van der Waals surface area (Å²) in [6.07, 6.45) is -0.0655. The summed E-state index contributed by atoms with van der Waals surface area (Å²) in [5.41, 5.74) is 0.242. The fourth-order valence-corrected chi connectivity index (χ4v) is 4.58. The maximum absolute atomic E-state index is 12.4. The van der Waals surface area contributed by atoms with Gasteiger partial charge in [-0.3, -0.25) is 9.59 Å². The first-order chi connectivity index (χ1) is 14.6. The summed E-state index contributed by atoms with van der Waals surface area (Å²) < 4.78 is 13.0. The minimum atomic E-state index is -1.14. The van der Waals surface area contributed by atoms with Crippen LogP contribution in [0.1, 0.15) is 43.6 Å². The van der Waals surface area contributed by atoms with Gasteiger partial charge in [-0.15, -0.1) is 0 Å². The van der Waals surface area contributed by atoms with Crippen LogP contribution in [0.5, 0.6) is 0 Å². The summed E-state index contributed by atoms with van der Waals surface area (Å²) in [6, 6.07) is 0. The summed E-state index contributed by atoms with van der Waals surface area (Å²) in [5.74, 6) is -1.29. The molecule has 2 saturated heterocycles. The van der Waals surface area contributed by atoms with Gasteiger partial charge in [0.1, 0.15) is 17.6 Å². The van der Waals surface area contributed by atoms with Crippen molar-refractivity contribution in [3.8, 4) is 0 Å². The molecule has 0 saturated carbocycles. The molecule has 0 radical (unpaired) electrons. The number of hydrogen-bond donors (Lipinski definition) is 3. The molecule has 2 aliphatic rings. The molecule has 0 aliphatic carbocycles. The van der Waals surface area contributed by atoms with Gasteiger partial charge in [-0.05, 0) is 13.2 Å². The average Bonchev–Trinajstić information content (AvgIpc) is 3.38. The van der Waals surface area contributed by atoms with Crippen molar-refractivity contribution in [2.45, 2.75) is 74.9 Å². The fourth-order valence-electron chi connectivity index (χ4n) is 4.05. The topological polar surface area (TPSA) is 134 Å². The van der Waals surface area contributed by atoms with Gasteiger partial charge < -0.3 is 29.4 Å². The summed E-state index contributed by atoms with van der Waals surface area (Å²) in [6.45, 7) is 3.73. The Labute approximate surface area is 186 Å². The number of ketones is 2. The Hall–Kier alpha value is -1.30. The van der Waals surface area contributed by atoms with Crippen molar-refractivity contribution in [1.29, 1.82) is 0 Å². The lowest BCUT2D eigenvalue weighted by Gasteiger charge is -2.37. The van der Waals surface area contributed by atoms with Crippen LogP contribution in [-0.2, 0) is 21.3 Å². The van der Waals surface area contributed by atoms with E-state index in [-0.39, 0.29) is 54.8 Å². The third-order valence-corrected chi connectivity index (χ3v) is 7.00. The van der Waals surface area contributed by atoms with Gasteiger partial charge in [0.05, 0.1) is 43.5 Å². The third kappa shape index (κ3) is 5.74. The lowest BCUT2D eigenvalue weighted by atomic mass is 9.86. The van der Waals surface area contributed by atoms with Gasteiger partial charge in [0.2, 0.25) is 0 Å². The molecule has 1 aromatic heterocycles. The van der Waals surface area contributed by atoms with Crippen LogP contribution in [0.3, 0.4) is 0 Å². The van der Waals surface area contributed by atoms with Crippen LogP contribution in [0.4, 0.5) is 0 Å². The normalized spacial score (nSPS) is 32.5. The average molecular weight is 457 g/mol. The van der Waals surface area contributed by atoms with E-state index in [0.29, 0.717) is 11.6 Å². The van der Waals surface area contributed by atoms with Gasteiger partial charge in [-0.2, -0.15) is 0 Å². The Balaban J connectivity index is 1.47. The second-order valence-corrected chi connectivity index (χ2v) is 9.43. The van der Waals surface area contributed by atoms with Crippen LogP contribution in [0.15, 0.2) is 11.4 Å². The van der Waals surface area contributed by atoms with E-state index in [0.717, 1.165) is 0 Å². The van der Waals surface area contributed by atoms with E-state index in [2.05, 4.69) is 4.98 Å². The Bertz CT molecular complexity index is 799. The number of carbonyl (C=O) groups is 2. The van der Waals surface area contributed by atoms with Gasteiger partial charge in [-0.1, -0.05) is 18.7 Å². The number of Topliss-reactive ketones (excluding diaryl/α,β-unsaturated/α-hetero) is 2. The molecule has 3 heterocycles. The highest BCUT2D eigenvalue weighted by molar-refractivity contribution is 7.98. The highest BCUT2D eigenvalue weighted by Crippen LogP contribution is 2.37. The van der Waals surface area contributed by atoms with Crippen LogP contribution >= 0.6 is 11.8 Å². The number of imidazole rings is 1. The molecule has 0 unspecified atom stereocenters. The number of aryl methyl sites for hydroxylation is 1. The van der Waals surface area contributed by atoms with E-state index in [1.54, 1.807) is 24.7 Å². The van der Waals surface area contributed by atoms with Crippen molar-refractivity contribution in [3.63, 3.8) is 0 Å². The molecule has 2 aliphatic heterocycles. The van der Waals surface area contributed by atoms with Gasteiger partial charge in [0, 0.05) is 37.9 Å².